The third-order valence-electron chi connectivity index (χ3n) is 5.14. The van der Waals surface area contributed by atoms with E-state index in [0.29, 0.717) is 6.54 Å². The first-order valence-corrected chi connectivity index (χ1v) is 9.53. The molecule has 0 atom stereocenters. The summed E-state index contributed by atoms with van der Waals surface area (Å²) in [7, 11) is 1.72. The predicted octanol–water partition coefficient (Wildman–Crippen LogP) is 3.57. The third kappa shape index (κ3) is 3.69. The molecule has 0 radical (unpaired) electrons. The first-order valence-electron chi connectivity index (χ1n) is 9.53. The number of fused-ring (bicyclic) bond motifs is 2. The van der Waals surface area contributed by atoms with E-state index in [1.54, 1.807) is 7.11 Å². The van der Waals surface area contributed by atoms with E-state index in [2.05, 4.69) is 40.5 Å². The molecule has 4 rings (SSSR count). The van der Waals surface area contributed by atoms with Crippen LogP contribution in [-0.2, 0) is 13.0 Å². The molecule has 1 aliphatic rings. The Morgan fingerprint density at radius 3 is 2.89 bits per heavy atom. The van der Waals surface area contributed by atoms with Crippen molar-refractivity contribution in [1.29, 1.82) is 0 Å². The second-order valence-corrected chi connectivity index (χ2v) is 6.92. The lowest BCUT2D eigenvalue weighted by Gasteiger charge is -2.24. The second kappa shape index (κ2) is 7.84. The maximum atomic E-state index is 5.70. The summed E-state index contributed by atoms with van der Waals surface area (Å²) < 4.78 is 5.39. The number of hydrogen-bond donors (Lipinski definition) is 2. The van der Waals surface area contributed by atoms with Gasteiger partial charge in [-0.1, -0.05) is 24.3 Å². The molecule has 5 heteroatoms. The molecule has 0 bridgehead atoms. The Hall–Kier alpha value is -2.79. The minimum Gasteiger partial charge on any atom is -0.497 e. The van der Waals surface area contributed by atoms with Crippen LogP contribution in [0.15, 0.2) is 48.5 Å². The number of nitrogens with one attached hydrogen (secondary N) is 1. The Bertz CT molecular complexity index is 941. The minimum absolute atomic E-state index is 0.602. The molecular formula is C22H26N4O. The number of benzene rings is 2. The van der Waals surface area contributed by atoms with Crippen molar-refractivity contribution in [3.8, 4) is 5.75 Å². The van der Waals surface area contributed by atoms with Gasteiger partial charge >= 0.3 is 0 Å². The number of nitrogens with zero attached hydrogens (tertiary/aromatic N) is 2. The van der Waals surface area contributed by atoms with Crippen molar-refractivity contribution < 1.29 is 4.74 Å². The van der Waals surface area contributed by atoms with E-state index >= 15 is 0 Å². The fourth-order valence-electron chi connectivity index (χ4n) is 3.73. The summed E-state index contributed by atoms with van der Waals surface area (Å²) in [6.07, 6.45) is 2.16. The summed E-state index contributed by atoms with van der Waals surface area (Å²) in [5, 5.41) is 4.59. The Labute approximate surface area is 160 Å². The van der Waals surface area contributed by atoms with Crippen LogP contribution in [-0.4, -0.2) is 31.7 Å². The van der Waals surface area contributed by atoms with E-state index in [1.807, 2.05) is 18.2 Å². The van der Waals surface area contributed by atoms with Gasteiger partial charge in [-0.2, -0.15) is 0 Å². The lowest BCUT2D eigenvalue weighted by atomic mass is 10.0. The van der Waals surface area contributed by atoms with Gasteiger partial charge in [0.15, 0.2) is 0 Å². The van der Waals surface area contributed by atoms with Crippen LogP contribution < -0.4 is 20.7 Å². The van der Waals surface area contributed by atoms with E-state index in [-0.39, 0.29) is 0 Å². The number of hydrogen-bond acceptors (Lipinski definition) is 5. The zero-order valence-corrected chi connectivity index (χ0v) is 15.7. The average molecular weight is 362 g/mol. The highest BCUT2D eigenvalue weighted by molar-refractivity contribution is 5.93. The monoisotopic (exact) mass is 362 g/mol. The van der Waals surface area contributed by atoms with Gasteiger partial charge in [0, 0.05) is 43.3 Å². The molecule has 1 aliphatic heterocycles. The van der Waals surface area contributed by atoms with E-state index in [1.165, 1.54) is 11.1 Å². The highest BCUT2D eigenvalue weighted by atomic mass is 16.5. The zero-order chi connectivity index (χ0) is 18.6. The normalized spacial score (nSPS) is 13.9. The quantitative estimate of drug-likeness (QED) is 0.726. The summed E-state index contributed by atoms with van der Waals surface area (Å²) >= 11 is 0. The SMILES string of the molecule is COc1ccc2c(c1)CCCN(c1cc(NCCN)c3ccccc3n1)C2. The van der Waals surface area contributed by atoms with E-state index in [4.69, 9.17) is 15.5 Å². The molecule has 2 aromatic carbocycles. The summed E-state index contributed by atoms with van der Waals surface area (Å²) in [6, 6.07) is 16.8. The molecule has 2 heterocycles. The molecule has 1 aromatic heterocycles. The first-order chi connectivity index (χ1) is 13.3. The Kier molecular flexibility index (Phi) is 5.12. The van der Waals surface area contributed by atoms with Gasteiger partial charge in [0.05, 0.1) is 12.6 Å². The maximum Gasteiger partial charge on any atom is 0.131 e. The number of anilines is 2. The summed E-state index contributed by atoms with van der Waals surface area (Å²) in [5.74, 6) is 1.94. The summed E-state index contributed by atoms with van der Waals surface area (Å²) in [5.41, 5.74) is 10.5. The molecule has 3 N–H and O–H groups in total. The molecule has 3 aromatic rings. The molecule has 0 saturated heterocycles. The first kappa shape index (κ1) is 17.6. The van der Waals surface area contributed by atoms with E-state index in [0.717, 1.165) is 60.6 Å². The molecule has 0 amide bonds. The Morgan fingerprint density at radius 2 is 2.04 bits per heavy atom. The van der Waals surface area contributed by atoms with E-state index < -0.39 is 0 Å². The average Bonchev–Trinajstić information content (AvgIpc) is 2.93. The maximum absolute atomic E-state index is 5.70. The van der Waals surface area contributed by atoms with Crippen LogP contribution in [0.25, 0.3) is 10.9 Å². The van der Waals surface area contributed by atoms with Crippen molar-refractivity contribution in [1.82, 2.24) is 4.98 Å². The molecule has 0 unspecified atom stereocenters. The van der Waals surface area contributed by atoms with Gasteiger partial charge < -0.3 is 20.7 Å². The predicted molar refractivity (Wildman–Crippen MR) is 112 cm³/mol. The van der Waals surface area contributed by atoms with Gasteiger partial charge in [-0.25, -0.2) is 4.98 Å². The van der Waals surface area contributed by atoms with Crippen molar-refractivity contribution >= 4 is 22.4 Å². The standard InChI is InChI=1S/C22H26N4O/c1-27-18-9-8-17-15-26(12-4-5-16(17)13-18)22-14-21(24-11-10-23)19-6-2-3-7-20(19)25-22/h2-3,6-9,13-14H,4-5,10-12,15,23H2,1H3,(H,24,25). The van der Waals surface area contributed by atoms with Crippen LogP contribution in [0.5, 0.6) is 5.75 Å². The molecular weight excluding hydrogens is 336 g/mol. The van der Waals surface area contributed by atoms with Crippen molar-refractivity contribution in [2.75, 3.05) is 37.0 Å². The van der Waals surface area contributed by atoms with Crippen molar-refractivity contribution in [2.45, 2.75) is 19.4 Å². The Balaban J connectivity index is 1.70. The summed E-state index contributed by atoms with van der Waals surface area (Å²) in [6.45, 7) is 3.20. The highest BCUT2D eigenvalue weighted by Gasteiger charge is 2.18. The van der Waals surface area contributed by atoms with Crippen LogP contribution in [0.3, 0.4) is 0 Å². The minimum atomic E-state index is 0.602. The highest BCUT2D eigenvalue weighted by Crippen LogP contribution is 2.30. The fraction of sp³-hybridized carbons (Fsp3) is 0.318. The molecule has 140 valence electrons. The summed E-state index contributed by atoms with van der Waals surface area (Å²) in [4.78, 5) is 7.32. The lowest BCUT2D eigenvalue weighted by molar-refractivity contribution is 0.414. The van der Waals surface area contributed by atoms with E-state index in [9.17, 15) is 0 Å². The molecule has 0 spiro atoms. The smallest absolute Gasteiger partial charge is 0.131 e. The number of aryl methyl sites for hydroxylation is 1. The molecule has 27 heavy (non-hydrogen) atoms. The van der Waals surface area contributed by atoms with Gasteiger partial charge in [-0.05, 0) is 42.2 Å². The third-order valence-corrected chi connectivity index (χ3v) is 5.14. The zero-order valence-electron chi connectivity index (χ0n) is 15.7. The lowest BCUT2D eigenvalue weighted by Crippen LogP contribution is -2.24. The van der Waals surface area contributed by atoms with Crippen molar-refractivity contribution in [2.24, 2.45) is 5.73 Å². The second-order valence-electron chi connectivity index (χ2n) is 6.92. The number of pyridine rings is 1. The van der Waals surface area contributed by atoms with Crippen molar-refractivity contribution in [3.05, 3.63) is 59.7 Å². The number of ether oxygens (including phenoxy) is 1. The van der Waals surface area contributed by atoms with Crippen LogP contribution in [0.1, 0.15) is 17.5 Å². The number of aromatic nitrogens is 1. The van der Waals surface area contributed by atoms with Gasteiger partial charge in [0.1, 0.15) is 11.6 Å². The van der Waals surface area contributed by atoms with Crippen LogP contribution in [0.2, 0.25) is 0 Å². The van der Waals surface area contributed by atoms with Gasteiger partial charge in [-0.3, -0.25) is 0 Å². The fourth-order valence-corrected chi connectivity index (χ4v) is 3.73. The largest absolute Gasteiger partial charge is 0.497 e. The Morgan fingerprint density at radius 1 is 1.15 bits per heavy atom. The van der Waals surface area contributed by atoms with Gasteiger partial charge in [-0.15, -0.1) is 0 Å². The van der Waals surface area contributed by atoms with Gasteiger partial charge in [0.2, 0.25) is 0 Å². The van der Waals surface area contributed by atoms with Crippen molar-refractivity contribution in [3.63, 3.8) is 0 Å². The van der Waals surface area contributed by atoms with Crippen LogP contribution in [0.4, 0.5) is 11.5 Å². The van der Waals surface area contributed by atoms with Gasteiger partial charge in [0.25, 0.3) is 0 Å². The molecule has 0 fully saturated rings. The number of nitrogens with two attached hydrogens (primary N) is 1. The number of methoxy groups -OCH3 is 1. The molecule has 0 aliphatic carbocycles. The number of rotatable bonds is 5. The topological polar surface area (TPSA) is 63.4 Å². The molecule has 0 saturated carbocycles. The number of para-hydroxylation sites is 1. The van der Waals surface area contributed by atoms with Crippen LogP contribution >= 0.6 is 0 Å². The molecule has 5 nitrogen and oxygen atoms in total. The van der Waals surface area contributed by atoms with Crippen LogP contribution in [0, 0.1) is 0 Å².